The second-order valence-corrected chi connectivity index (χ2v) is 4.95. The van der Waals surface area contributed by atoms with Crippen LogP contribution >= 0.6 is 22.6 Å². The number of nitrogen functional groups attached to an aromatic ring is 1. The van der Waals surface area contributed by atoms with Crippen LogP contribution in [0.25, 0.3) is 0 Å². The highest BCUT2D eigenvalue weighted by Crippen LogP contribution is 2.18. The number of halogens is 2. The topological polar surface area (TPSA) is 55.1 Å². The van der Waals surface area contributed by atoms with Crippen LogP contribution in [0.4, 0.5) is 15.8 Å². The van der Waals surface area contributed by atoms with Crippen LogP contribution in [-0.4, -0.2) is 5.91 Å². The third kappa shape index (κ3) is 2.98. The molecule has 0 spiro atoms. The first kappa shape index (κ1) is 12.8. The van der Waals surface area contributed by atoms with E-state index in [2.05, 4.69) is 27.9 Å². The van der Waals surface area contributed by atoms with Crippen molar-refractivity contribution in [3.8, 4) is 0 Å². The predicted molar refractivity (Wildman–Crippen MR) is 77.9 cm³/mol. The summed E-state index contributed by atoms with van der Waals surface area (Å²) < 4.78 is 14.5. The van der Waals surface area contributed by atoms with E-state index in [1.54, 1.807) is 12.1 Å². The van der Waals surface area contributed by atoms with Crippen LogP contribution in [0, 0.1) is 9.39 Å². The molecular formula is C13H10FIN2O. The Morgan fingerprint density at radius 2 is 1.83 bits per heavy atom. The molecule has 5 heteroatoms. The van der Waals surface area contributed by atoms with Crippen molar-refractivity contribution in [3.63, 3.8) is 0 Å². The first-order valence-electron chi connectivity index (χ1n) is 5.18. The summed E-state index contributed by atoms with van der Waals surface area (Å²) in [5.74, 6) is -0.876. The van der Waals surface area contributed by atoms with Gasteiger partial charge in [0.2, 0.25) is 0 Å². The lowest BCUT2D eigenvalue weighted by molar-refractivity contribution is 0.102. The minimum Gasteiger partial charge on any atom is -0.399 e. The number of carbonyl (C=O) groups excluding carboxylic acids is 1. The number of carbonyl (C=O) groups is 1. The maximum atomic E-state index is 13.4. The Balaban J connectivity index is 2.21. The summed E-state index contributed by atoms with van der Waals surface area (Å²) >= 11 is 2.14. The van der Waals surface area contributed by atoms with Crippen molar-refractivity contribution < 1.29 is 9.18 Å². The van der Waals surface area contributed by atoms with E-state index in [-0.39, 0.29) is 11.6 Å². The van der Waals surface area contributed by atoms with Gasteiger partial charge in [0, 0.05) is 14.8 Å². The molecule has 0 radical (unpaired) electrons. The fourth-order valence-corrected chi connectivity index (χ4v) is 1.79. The summed E-state index contributed by atoms with van der Waals surface area (Å²) in [5.41, 5.74) is 6.49. The molecule has 18 heavy (non-hydrogen) atoms. The molecule has 1 amide bonds. The van der Waals surface area contributed by atoms with Crippen molar-refractivity contribution >= 4 is 39.9 Å². The molecule has 92 valence electrons. The molecule has 0 heterocycles. The fraction of sp³-hybridized carbons (Fsp3) is 0. The Hall–Kier alpha value is -1.63. The predicted octanol–water partition coefficient (Wildman–Crippen LogP) is 3.26. The van der Waals surface area contributed by atoms with Gasteiger partial charge in [0.05, 0.1) is 5.69 Å². The molecule has 0 atom stereocenters. The third-order valence-corrected chi connectivity index (χ3v) is 3.06. The van der Waals surface area contributed by atoms with Crippen LogP contribution < -0.4 is 11.1 Å². The molecule has 2 aromatic rings. The standard InChI is InChI=1S/C13H10FIN2O/c14-11-6-5-10(16)7-12(11)17-13(18)8-1-3-9(15)4-2-8/h1-7H,16H2,(H,17,18). The van der Waals surface area contributed by atoms with Gasteiger partial charge in [-0.15, -0.1) is 0 Å². The Labute approximate surface area is 117 Å². The van der Waals surface area contributed by atoms with E-state index in [4.69, 9.17) is 5.73 Å². The zero-order valence-electron chi connectivity index (χ0n) is 9.28. The average molecular weight is 356 g/mol. The zero-order chi connectivity index (χ0) is 13.1. The van der Waals surface area contributed by atoms with Gasteiger partial charge in [-0.2, -0.15) is 0 Å². The van der Waals surface area contributed by atoms with Crippen molar-refractivity contribution in [2.24, 2.45) is 0 Å². The molecule has 0 aromatic heterocycles. The second kappa shape index (κ2) is 5.34. The van der Waals surface area contributed by atoms with Gasteiger partial charge in [0.25, 0.3) is 5.91 Å². The smallest absolute Gasteiger partial charge is 0.255 e. The summed E-state index contributed by atoms with van der Waals surface area (Å²) in [6.45, 7) is 0. The number of anilines is 2. The normalized spacial score (nSPS) is 10.1. The maximum absolute atomic E-state index is 13.4. The van der Waals surface area contributed by atoms with Crippen molar-refractivity contribution in [3.05, 3.63) is 57.4 Å². The minimum atomic E-state index is -0.511. The first-order chi connectivity index (χ1) is 8.56. The second-order valence-electron chi connectivity index (χ2n) is 3.70. The molecule has 3 nitrogen and oxygen atoms in total. The van der Waals surface area contributed by atoms with E-state index in [9.17, 15) is 9.18 Å². The molecule has 0 saturated carbocycles. The monoisotopic (exact) mass is 356 g/mol. The summed E-state index contributed by atoms with van der Waals surface area (Å²) in [5, 5.41) is 2.49. The molecular weight excluding hydrogens is 346 g/mol. The third-order valence-electron chi connectivity index (χ3n) is 2.35. The summed E-state index contributed by atoms with van der Waals surface area (Å²) in [7, 11) is 0. The Morgan fingerprint density at radius 1 is 1.17 bits per heavy atom. The van der Waals surface area contributed by atoms with E-state index in [0.29, 0.717) is 11.3 Å². The number of amides is 1. The van der Waals surface area contributed by atoms with Gasteiger partial charge in [-0.1, -0.05) is 0 Å². The van der Waals surface area contributed by atoms with E-state index >= 15 is 0 Å². The van der Waals surface area contributed by atoms with Crippen molar-refractivity contribution in [2.45, 2.75) is 0 Å². The van der Waals surface area contributed by atoms with Crippen LogP contribution in [-0.2, 0) is 0 Å². The van der Waals surface area contributed by atoms with Gasteiger partial charge in [-0.3, -0.25) is 4.79 Å². The van der Waals surface area contributed by atoms with E-state index in [0.717, 1.165) is 3.57 Å². The van der Waals surface area contributed by atoms with Gasteiger partial charge in [-0.25, -0.2) is 4.39 Å². The molecule has 3 N–H and O–H groups in total. The van der Waals surface area contributed by atoms with Gasteiger partial charge in [0.15, 0.2) is 0 Å². The zero-order valence-corrected chi connectivity index (χ0v) is 11.4. The Bertz CT molecular complexity index is 584. The molecule has 0 aliphatic heterocycles. The van der Waals surface area contributed by atoms with Crippen molar-refractivity contribution in [2.75, 3.05) is 11.1 Å². The van der Waals surface area contributed by atoms with E-state index in [1.807, 2.05) is 12.1 Å². The quantitative estimate of drug-likeness (QED) is 0.641. The van der Waals surface area contributed by atoms with Gasteiger partial charge in [0.1, 0.15) is 5.82 Å². The average Bonchev–Trinajstić information content (AvgIpc) is 2.34. The highest BCUT2D eigenvalue weighted by Gasteiger charge is 2.09. The number of hydrogen-bond donors (Lipinski definition) is 2. The lowest BCUT2D eigenvalue weighted by Crippen LogP contribution is -2.13. The molecule has 2 rings (SSSR count). The maximum Gasteiger partial charge on any atom is 0.255 e. The lowest BCUT2D eigenvalue weighted by Gasteiger charge is -2.07. The van der Waals surface area contributed by atoms with E-state index in [1.165, 1.54) is 18.2 Å². The molecule has 0 aliphatic carbocycles. The van der Waals surface area contributed by atoms with Crippen LogP contribution in [0.5, 0.6) is 0 Å². The summed E-state index contributed by atoms with van der Waals surface area (Å²) in [6, 6.07) is 11.0. The van der Waals surface area contributed by atoms with Crippen molar-refractivity contribution in [1.29, 1.82) is 0 Å². The number of benzene rings is 2. The number of nitrogens with two attached hydrogens (primary N) is 1. The van der Waals surface area contributed by atoms with Gasteiger partial charge in [-0.05, 0) is 65.1 Å². The molecule has 0 saturated heterocycles. The van der Waals surface area contributed by atoms with Gasteiger partial charge >= 0.3 is 0 Å². The van der Waals surface area contributed by atoms with E-state index < -0.39 is 5.82 Å². The van der Waals surface area contributed by atoms with Crippen LogP contribution in [0.2, 0.25) is 0 Å². The van der Waals surface area contributed by atoms with Crippen LogP contribution in [0.1, 0.15) is 10.4 Å². The highest BCUT2D eigenvalue weighted by molar-refractivity contribution is 14.1. The SMILES string of the molecule is Nc1ccc(F)c(NC(=O)c2ccc(I)cc2)c1. The largest absolute Gasteiger partial charge is 0.399 e. The molecule has 2 aromatic carbocycles. The lowest BCUT2D eigenvalue weighted by atomic mass is 10.2. The van der Waals surface area contributed by atoms with Gasteiger partial charge < -0.3 is 11.1 Å². The number of nitrogens with one attached hydrogen (secondary N) is 1. The first-order valence-corrected chi connectivity index (χ1v) is 6.26. The summed E-state index contributed by atoms with van der Waals surface area (Å²) in [4.78, 5) is 11.9. The fourth-order valence-electron chi connectivity index (χ4n) is 1.43. The number of hydrogen-bond acceptors (Lipinski definition) is 2. The molecule has 0 unspecified atom stereocenters. The highest BCUT2D eigenvalue weighted by atomic mass is 127. The van der Waals surface area contributed by atoms with Crippen LogP contribution in [0.3, 0.4) is 0 Å². The van der Waals surface area contributed by atoms with Crippen molar-refractivity contribution in [1.82, 2.24) is 0 Å². The molecule has 0 aliphatic rings. The number of rotatable bonds is 2. The molecule has 0 bridgehead atoms. The minimum absolute atomic E-state index is 0.0820. The summed E-state index contributed by atoms with van der Waals surface area (Å²) in [6.07, 6.45) is 0. The Morgan fingerprint density at radius 3 is 2.50 bits per heavy atom. The van der Waals surface area contributed by atoms with Crippen LogP contribution in [0.15, 0.2) is 42.5 Å². The molecule has 0 fully saturated rings. The Kier molecular flexibility index (Phi) is 3.81.